The molecule has 0 saturated carbocycles. The highest BCUT2D eigenvalue weighted by molar-refractivity contribution is 5.81. The molecule has 0 amide bonds. The number of hydrogen-bond acceptors (Lipinski definition) is 3. The van der Waals surface area contributed by atoms with Crippen LogP contribution >= 0.6 is 0 Å². The average Bonchev–Trinajstić information content (AvgIpc) is 2.76. The lowest BCUT2D eigenvalue weighted by Gasteiger charge is -2.36. The lowest BCUT2D eigenvalue weighted by molar-refractivity contribution is -0.187. The molecule has 0 spiro atoms. The summed E-state index contributed by atoms with van der Waals surface area (Å²) in [4.78, 5) is 24.1. The van der Waals surface area contributed by atoms with Gasteiger partial charge in [-0.2, -0.15) is 0 Å². The molecule has 0 aliphatic heterocycles. The van der Waals surface area contributed by atoms with Crippen molar-refractivity contribution in [3.63, 3.8) is 0 Å². The number of aliphatic carboxylic acids is 1. The van der Waals surface area contributed by atoms with Gasteiger partial charge in [0.15, 0.2) is 0 Å². The summed E-state index contributed by atoms with van der Waals surface area (Å²) in [6.45, 7) is 7.77. The van der Waals surface area contributed by atoms with E-state index in [4.69, 9.17) is 4.74 Å². The molecule has 0 fully saturated rings. The summed E-state index contributed by atoms with van der Waals surface area (Å²) < 4.78 is 5.56. The van der Waals surface area contributed by atoms with Gasteiger partial charge in [-0.15, -0.1) is 0 Å². The third-order valence-corrected chi connectivity index (χ3v) is 6.90. The molecular formula is C28H54O4. The van der Waals surface area contributed by atoms with E-state index in [1.807, 2.05) is 6.92 Å². The molecule has 0 aromatic heterocycles. The molecule has 32 heavy (non-hydrogen) atoms. The second kappa shape index (κ2) is 20.5. The first-order valence-corrected chi connectivity index (χ1v) is 13.9. The number of carboxylic acids is 1. The number of carbonyl (C=O) groups excluding carboxylic acids is 1. The largest absolute Gasteiger partial charge is 0.478 e. The Morgan fingerprint density at radius 2 is 1.09 bits per heavy atom. The predicted octanol–water partition coefficient (Wildman–Crippen LogP) is 8.85. The summed E-state index contributed by atoms with van der Waals surface area (Å²) in [5.74, 6) is -1.56. The summed E-state index contributed by atoms with van der Waals surface area (Å²) in [6.07, 6.45) is 22.9. The molecule has 2 atom stereocenters. The molecule has 0 rings (SSSR count). The number of carbonyl (C=O) groups is 2. The van der Waals surface area contributed by atoms with Gasteiger partial charge in [0.2, 0.25) is 5.60 Å². The number of esters is 1. The van der Waals surface area contributed by atoms with E-state index in [0.29, 0.717) is 6.42 Å². The second-order valence-electron chi connectivity index (χ2n) is 9.74. The van der Waals surface area contributed by atoms with Crippen LogP contribution in [0.5, 0.6) is 0 Å². The van der Waals surface area contributed by atoms with Crippen LogP contribution in [0.25, 0.3) is 0 Å². The molecule has 0 aromatic rings. The number of unbranched alkanes of at least 4 members (excludes halogenated alkanes) is 15. The maximum Gasteiger partial charge on any atom is 0.348 e. The Labute approximate surface area is 199 Å². The Hall–Kier alpha value is -1.06. The van der Waals surface area contributed by atoms with Crippen LogP contribution in [0.2, 0.25) is 0 Å². The standard InChI is InChI=1S/C28H54O4/c1-5-8-10-12-13-14-15-16-17-18-19-20-21-23-26(7-3)28(27(30)31,32-25(4)29)24-22-11-9-6-2/h26H,5-24H2,1-4H3,(H,30,31). The molecule has 190 valence electrons. The molecule has 0 saturated heterocycles. The summed E-state index contributed by atoms with van der Waals surface area (Å²) >= 11 is 0. The fourth-order valence-electron chi connectivity index (χ4n) is 4.91. The van der Waals surface area contributed by atoms with Crippen molar-refractivity contribution in [3.8, 4) is 0 Å². The van der Waals surface area contributed by atoms with Gasteiger partial charge in [-0.1, -0.05) is 124 Å². The van der Waals surface area contributed by atoms with Gasteiger partial charge in [0.1, 0.15) is 0 Å². The zero-order valence-corrected chi connectivity index (χ0v) is 21.9. The average molecular weight is 455 g/mol. The van der Waals surface area contributed by atoms with Gasteiger partial charge in [-0.05, 0) is 25.7 Å². The fraction of sp³-hybridized carbons (Fsp3) is 0.929. The minimum absolute atomic E-state index is 0.113. The Kier molecular flexibility index (Phi) is 19.9. The Morgan fingerprint density at radius 3 is 1.47 bits per heavy atom. The van der Waals surface area contributed by atoms with Crippen LogP contribution in [0.4, 0.5) is 0 Å². The summed E-state index contributed by atoms with van der Waals surface area (Å²) in [6, 6.07) is 0. The first-order valence-electron chi connectivity index (χ1n) is 13.9. The van der Waals surface area contributed by atoms with Gasteiger partial charge in [-0.25, -0.2) is 4.79 Å². The van der Waals surface area contributed by atoms with E-state index in [1.165, 1.54) is 77.6 Å². The van der Waals surface area contributed by atoms with Crippen molar-refractivity contribution < 1.29 is 19.4 Å². The number of carboxylic acid groups (broad SMARTS) is 1. The van der Waals surface area contributed by atoms with Crippen LogP contribution in [0.3, 0.4) is 0 Å². The van der Waals surface area contributed by atoms with Gasteiger partial charge >= 0.3 is 11.9 Å². The van der Waals surface area contributed by atoms with Crippen LogP contribution in [0, 0.1) is 5.92 Å². The van der Waals surface area contributed by atoms with E-state index in [-0.39, 0.29) is 5.92 Å². The van der Waals surface area contributed by atoms with Crippen molar-refractivity contribution in [2.24, 2.45) is 5.92 Å². The predicted molar refractivity (Wildman–Crippen MR) is 135 cm³/mol. The van der Waals surface area contributed by atoms with Gasteiger partial charge in [0.05, 0.1) is 0 Å². The zero-order chi connectivity index (χ0) is 24.1. The SMILES string of the molecule is CCCCCCCCCCCCCCCC(CC)C(CCCCCC)(OC(C)=O)C(=O)O. The van der Waals surface area contributed by atoms with Gasteiger partial charge in [-0.3, -0.25) is 4.79 Å². The molecule has 0 bridgehead atoms. The van der Waals surface area contributed by atoms with Crippen LogP contribution in [-0.2, 0) is 14.3 Å². The molecule has 0 radical (unpaired) electrons. The van der Waals surface area contributed by atoms with Crippen LogP contribution in [-0.4, -0.2) is 22.6 Å². The quantitative estimate of drug-likeness (QED) is 0.124. The third-order valence-electron chi connectivity index (χ3n) is 6.90. The van der Waals surface area contributed by atoms with Crippen molar-refractivity contribution in [3.05, 3.63) is 0 Å². The van der Waals surface area contributed by atoms with Crippen molar-refractivity contribution >= 4 is 11.9 Å². The molecule has 0 aliphatic carbocycles. The molecular weight excluding hydrogens is 400 g/mol. The lowest BCUT2D eigenvalue weighted by atomic mass is 9.78. The smallest absolute Gasteiger partial charge is 0.348 e. The van der Waals surface area contributed by atoms with E-state index in [0.717, 1.165) is 51.4 Å². The van der Waals surface area contributed by atoms with Crippen molar-refractivity contribution in [1.29, 1.82) is 0 Å². The second-order valence-corrected chi connectivity index (χ2v) is 9.74. The van der Waals surface area contributed by atoms with Crippen molar-refractivity contribution in [2.75, 3.05) is 0 Å². The van der Waals surface area contributed by atoms with E-state index < -0.39 is 17.5 Å². The Morgan fingerprint density at radius 1 is 0.688 bits per heavy atom. The first-order chi connectivity index (χ1) is 15.4. The van der Waals surface area contributed by atoms with Gasteiger partial charge in [0.25, 0.3) is 0 Å². The summed E-state index contributed by atoms with van der Waals surface area (Å²) in [5.41, 5.74) is -1.36. The monoisotopic (exact) mass is 454 g/mol. The summed E-state index contributed by atoms with van der Waals surface area (Å²) in [5, 5.41) is 10.1. The maximum atomic E-state index is 12.3. The highest BCUT2D eigenvalue weighted by Crippen LogP contribution is 2.35. The normalized spacial score (nSPS) is 14.1. The number of ether oxygens (including phenoxy) is 1. The van der Waals surface area contributed by atoms with Gasteiger partial charge < -0.3 is 9.84 Å². The highest BCUT2D eigenvalue weighted by atomic mass is 16.6. The van der Waals surface area contributed by atoms with Crippen molar-refractivity contribution in [1.82, 2.24) is 0 Å². The highest BCUT2D eigenvalue weighted by Gasteiger charge is 2.47. The lowest BCUT2D eigenvalue weighted by Crippen LogP contribution is -2.49. The number of rotatable bonds is 23. The topological polar surface area (TPSA) is 63.6 Å². The maximum absolute atomic E-state index is 12.3. The van der Waals surface area contributed by atoms with E-state index in [9.17, 15) is 14.7 Å². The molecule has 4 heteroatoms. The number of hydrogen-bond donors (Lipinski definition) is 1. The fourth-order valence-corrected chi connectivity index (χ4v) is 4.91. The summed E-state index contributed by atoms with van der Waals surface area (Å²) in [7, 11) is 0. The van der Waals surface area contributed by atoms with Crippen LogP contribution < -0.4 is 0 Å². The molecule has 1 N–H and O–H groups in total. The first kappa shape index (κ1) is 30.9. The van der Waals surface area contributed by atoms with E-state index in [1.54, 1.807) is 0 Å². The molecule has 0 aliphatic rings. The molecule has 2 unspecified atom stereocenters. The molecule has 0 heterocycles. The Bertz CT molecular complexity index is 462. The third kappa shape index (κ3) is 14.2. The van der Waals surface area contributed by atoms with Gasteiger partial charge in [0, 0.05) is 12.8 Å². The Balaban J connectivity index is 4.29. The minimum atomic E-state index is -1.36. The van der Waals surface area contributed by atoms with E-state index >= 15 is 0 Å². The zero-order valence-electron chi connectivity index (χ0n) is 21.9. The molecule has 4 nitrogen and oxygen atoms in total. The van der Waals surface area contributed by atoms with Crippen LogP contribution in [0.1, 0.15) is 156 Å². The molecule has 0 aromatic carbocycles. The van der Waals surface area contributed by atoms with Crippen molar-refractivity contribution in [2.45, 2.75) is 162 Å². The minimum Gasteiger partial charge on any atom is -0.478 e. The van der Waals surface area contributed by atoms with Crippen LogP contribution in [0.15, 0.2) is 0 Å². The van der Waals surface area contributed by atoms with E-state index in [2.05, 4.69) is 13.8 Å².